The maximum absolute atomic E-state index is 5.40. The maximum atomic E-state index is 5.40. The van der Waals surface area contributed by atoms with E-state index >= 15 is 0 Å². The van der Waals surface area contributed by atoms with Gasteiger partial charge < -0.3 is 25.0 Å². The second-order valence-corrected chi connectivity index (χ2v) is 6.93. The Labute approximate surface area is 166 Å². The van der Waals surface area contributed by atoms with Crippen LogP contribution in [-0.4, -0.2) is 39.0 Å². The van der Waals surface area contributed by atoms with Crippen molar-refractivity contribution in [2.45, 2.75) is 19.3 Å². The van der Waals surface area contributed by atoms with Gasteiger partial charge in [-0.3, -0.25) is 0 Å². The Morgan fingerprint density at radius 2 is 1.93 bits per heavy atom. The van der Waals surface area contributed by atoms with Gasteiger partial charge >= 0.3 is 0 Å². The molecular weight excluding hydrogens is 358 g/mol. The van der Waals surface area contributed by atoms with Gasteiger partial charge in [-0.1, -0.05) is 18.2 Å². The summed E-state index contributed by atoms with van der Waals surface area (Å²) >= 11 is 5.40. The minimum Gasteiger partial charge on any atom is -0.493 e. The van der Waals surface area contributed by atoms with Crippen molar-refractivity contribution in [2.75, 3.05) is 44.1 Å². The highest BCUT2D eigenvalue weighted by atomic mass is 32.1. The van der Waals surface area contributed by atoms with Crippen molar-refractivity contribution in [3.05, 3.63) is 48.0 Å². The number of fused-ring (bicyclic) bond motifs is 1. The molecule has 0 radical (unpaired) electrons. The summed E-state index contributed by atoms with van der Waals surface area (Å²) in [6.07, 6.45) is 3.44. The molecule has 1 aliphatic heterocycles. The number of methoxy groups -OCH3 is 2. The molecule has 2 aromatic carbocycles. The second-order valence-electron chi connectivity index (χ2n) is 6.52. The Balaban J connectivity index is 1.44. The van der Waals surface area contributed by atoms with Gasteiger partial charge in [-0.25, -0.2) is 0 Å². The topological polar surface area (TPSA) is 45.8 Å². The number of hydrogen-bond donors (Lipinski definition) is 2. The van der Waals surface area contributed by atoms with Gasteiger partial charge in [0.2, 0.25) is 0 Å². The fraction of sp³-hybridized carbons (Fsp3) is 0.381. The molecule has 27 heavy (non-hydrogen) atoms. The fourth-order valence-corrected chi connectivity index (χ4v) is 3.62. The quantitative estimate of drug-likeness (QED) is 0.558. The zero-order chi connectivity index (χ0) is 19.1. The number of anilines is 2. The van der Waals surface area contributed by atoms with Crippen molar-refractivity contribution in [1.29, 1.82) is 0 Å². The van der Waals surface area contributed by atoms with Crippen LogP contribution in [0.25, 0.3) is 0 Å². The monoisotopic (exact) mass is 385 g/mol. The van der Waals surface area contributed by atoms with E-state index in [-0.39, 0.29) is 0 Å². The molecule has 3 rings (SSSR count). The molecule has 1 heterocycles. The van der Waals surface area contributed by atoms with Gasteiger partial charge in [0.25, 0.3) is 0 Å². The van der Waals surface area contributed by atoms with Gasteiger partial charge in [0.05, 0.1) is 14.2 Å². The third-order valence-electron chi connectivity index (χ3n) is 4.74. The Morgan fingerprint density at radius 1 is 1.11 bits per heavy atom. The lowest BCUT2D eigenvalue weighted by Gasteiger charge is -2.31. The number of nitrogens with one attached hydrogen (secondary N) is 2. The first-order valence-corrected chi connectivity index (χ1v) is 9.72. The van der Waals surface area contributed by atoms with Crippen LogP contribution in [-0.2, 0) is 6.42 Å². The van der Waals surface area contributed by atoms with Crippen LogP contribution in [0.5, 0.6) is 11.5 Å². The highest BCUT2D eigenvalue weighted by Crippen LogP contribution is 2.29. The number of nitrogens with zero attached hydrogens (tertiary/aromatic N) is 1. The van der Waals surface area contributed by atoms with Gasteiger partial charge in [0.15, 0.2) is 16.6 Å². The zero-order valence-electron chi connectivity index (χ0n) is 16.0. The predicted octanol–water partition coefficient (Wildman–Crippen LogP) is 3.83. The van der Waals surface area contributed by atoms with Crippen molar-refractivity contribution in [2.24, 2.45) is 0 Å². The molecular formula is C21H27N3O2S. The van der Waals surface area contributed by atoms with Crippen molar-refractivity contribution in [1.82, 2.24) is 5.32 Å². The number of thiocarbonyl (C=S) groups is 1. The zero-order valence-corrected chi connectivity index (χ0v) is 16.8. The van der Waals surface area contributed by atoms with Gasteiger partial charge in [0, 0.05) is 37.1 Å². The molecule has 0 fully saturated rings. The Kier molecular flexibility index (Phi) is 6.76. The van der Waals surface area contributed by atoms with Gasteiger partial charge in [-0.05, 0) is 55.2 Å². The molecule has 2 aromatic rings. The van der Waals surface area contributed by atoms with Crippen molar-refractivity contribution < 1.29 is 9.47 Å². The average Bonchev–Trinajstić information content (AvgIpc) is 2.71. The standard InChI is InChI=1S/C21H27N3O2S/c1-25-19-11-10-17(15-20(19)26-2)23-21(27)22-12-6-14-24-13-5-8-16-7-3-4-9-18(16)24/h3-4,7,9-11,15H,5-6,8,12-14H2,1-2H3,(H2,22,23,27). The molecule has 0 atom stereocenters. The van der Waals surface area contributed by atoms with Crippen molar-refractivity contribution >= 4 is 28.7 Å². The molecule has 0 aliphatic carbocycles. The maximum Gasteiger partial charge on any atom is 0.170 e. The number of para-hydroxylation sites is 1. The highest BCUT2D eigenvalue weighted by molar-refractivity contribution is 7.80. The van der Waals surface area contributed by atoms with Gasteiger partial charge in [-0.2, -0.15) is 0 Å². The van der Waals surface area contributed by atoms with E-state index in [9.17, 15) is 0 Å². The minimum absolute atomic E-state index is 0.612. The van der Waals surface area contributed by atoms with Crippen LogP contribution in [0.15, 0.2) is 42.5 Å². The lowest BCUT2D eigenvalue weighted by molar-refractivity contribution is 0.355. The van der Waals surface area contributed by atoms with Crippen molar-refractivity contribution in [3.8, 4) is 11.5 Å². The van der Waals surface area contributed by atoms with Gasteiger partial charge in [0.1, 0.15) is 0 Å². The lowest BCUT2D eigenvalue weighted by Crippen LogP contribution is -2.34. The first-order chi connectivity index (χ1) is 13.2. The molecule has 0 saturated heterocycles. The number of hydrogen-bond acceptors (Lipinski definition) is 4. The number of aryl methyl sites for hydroxylation is 1. The van der Waals surface area contributed by atoms with Crippen LogP contribution in [0.4, 0.5) is 11.4 Å². The van der Waals surface area contributed by atoms with Crippen LogP contribution in [0.2, 0.25) is 0 Å². The summed E-state index contributed by atoms with van der Waals surface area (Å²) in [5.74, 6) is 1.37. The minimum atomic E-state index is 0.612. The summed E-state index contributed by atoms with van der Waals surface area (Å²) in [5, 5.41) is 7.09. The molecule has 2 N–H and O–H groups in total. The van der Waals surface area contributed by atoms with E-state index < -0.39 is 0 Å². The Bertz CT molecular complexity index is 782. The average molecular weight is 386 g/mol. The van der Waals surface area contributed by atoms with E-state index in [2.05, 4.69) is 39.8 Å². The smallest absolute Gasteiger partial charge is 0.170 e. The summed E-state index contributed by atoms with van der Waals surface area (Å²) in [5.41, 5.74) is 3.72. The first kappa shape index (κ1) is 19.3. The SMILES string of the molecule is COc1ccc(NC(=S)NCCCN2CCCc3ccccc32)cc1OC. The molecule has 144 valence electrons. The molecule has 0 unspecified atom stereocenters. The number of ether oxygens (including phenoxy) is 2. The summed E-state index contributed by atoms with van der Waals surface area (Å²) in [4.78, 5) is 2.48. The third kappa shape index (κ3) is 5.04. The van der Waals surface area contributed by atoms with Crippen molar-refractivity contribution in [3.63, 3.8) is 0 Å². The summed E-state index contributed by atoms with van der Waals surface area (Å²) < 4.78 is 10.6. The summed E-state index contributed by atoms with van der Waals surface area (Å²) in [6, 6.07) is 14.4. The molecule has 0 bridgehead atoms. The second kappa shape index (κ2) is 9.46. The molecule has 5 nitrogen and oxygen atoms in total. The number of rotatable bonds is 7. The van der Waals surface area contributed by atoms with E-state index in [1.54, 1.807) is 14.2 Å². The molecule has 0 spiro atoms. The van der Waals surface area contributed by atoms with Crippen LogP contribution < -0.4 is 25.0 Å². The van der Waals surface area contributed by atoms with E-state index in [0.29, 0.717) is 16.6 Å². The summed E-state index contributed by atoms with van der Waals surface area (Å²) in [6.45, 7) is 2.99. The van der Waals surface area contributed by atoms with Gasteiger partial charge in [-0.15, -0.1) is 0 Å². The largest absolute Gasteiger partial charge is 0.493 e. The number of benzene rings is 2. The van der Waals surface area contributed by atoms with E-state index in [4.69, 9.17) is 21.7 Å². The molecule has 0 amide bonds. The molecule has 0 aromatic heterocycles. The third-order valence-corrected chi connectivity index (χ3v) is 4.98. The fourth-order valence-electron chi connectivity index (χ4n) is 3.40. The molecule has 0 saturated carbocycles. The van der Waals surface area contributed by atoms with E-state index in [1.807, 2.05) is 18.2 Å². The molecule has 6 heteroatoms. The van der Waals surface area contributed by atoms with Crippen LogP contribution >= 0.6 is 12.2 Å². The van der Waals surface area contributed by atoms with Crippen LogP contribution in [0, 0.1) is 0 Å². The molecule has 1 aliphatic rings. The van der Waals surface area contributed by atoms with E-state index in [0.717, 1.165) is 31.7 Å². The Morgan fingerprint density at radius 3 is 2.74 bits per heavy atom. The first-order valence-electron chi connectivity index (χ1n) is 9.31. The van der Waals surface area contributed by atoms with Crippen LogP contribution in [0.1, 0.15) is 18.4 Å². The normalized spacial score (nSPS) is 12.9. The highest BCUT2D eigenvalue weighted by Gasteiger charge is 2.15. The van der Waals surface area contributed by atoms with E-state index in [1.165, 1.54) is 24.1 Å². The summed E-state index contributed by atoms with van der Waals surface area (Å²) in [7, 11) is 3.24. The van der Waals surface area contributed by atoms with Crippen LogP contribution in [0.3, 0.4) is 0 Å². The predicted molar refractivity (Wildman–Crippen MR) is 115 cm³/mol. The Hall–Kier alpha value is -2.47. The lowest BCUT2D eigenvalue weighted by atomic mass is 10.0.